The quantitative estimate of drug-likeness (QED) is 0.699. The van der Waals surface area contributed by atoms with Gasteiger partial charge in [-0.05, 0) is 29.1 Å². The fourth-order valence-electron chi connectivity index (χ4n) is 1.75. The van der Waals surface area contributed by atoms with Crippen molar-refractivity contribution in [3.05, 3.63) is 62.5 Å². The molecule has 0 aromatic carbocycles. The molecule has 0 saturated heterocycles. The van der Waals surface area contributed by atoms with Crippen LogP contribution in [0.15, 0.2) is 50.0 Å². The Morgan fingerprint density at radius 3 is 2.78 bits per heavy atom. The maximum absolute atomic E-state index is 11.7. The minimum absolute atomic E-state index is 0.363. The van der Waals surface area contributed by atoms with Crippen molar-refractivity contribution in [3.63, 3.8) is 0 Å². The lowest BCUT2D eigenvalue weighted by atomic mass is 10.2. The highest BCUT2D eigenvalue weighted by atomic mass is 32.1. The molecule has 90 valence electrons. The third-order valence-electron chi connectivity index (χ3n) is 2.60. The van der Waals surface area contributed by atoms with Gasteiger partial charge in [0.2, 0.25) is 0 Å². The number of aromatic nitrogens is 2. The van der Waals surface area contributed by atoms with E-state index >= 15 is 0 Å². The minimum Gasteiger partial charge on any atom is -0.372 e. The van der Waals surface area contributed by atoms with Crippen molar-refractivity contribution in [2.24, 2.45) is 0 Å². The number of hydrogen-bond donors (Lipinski definition) is 0. The van der Waals surface area contributed by atoms with Crippen LogP contribution in [0.3, 0.4) is 0 Å². The van der Waals surface area contributed by atoms with Crippen LogP contribution in [0.2, 0.25) is 0 Å². The fraction of sp³-hybridized carbons (Fsp3) is 0.0833. The van der Waals surface area contributed by atoms with Gasteiger partial charge < -0.3 is 4.42 Å². The Morgan fingerprint density at radius 2 is 2.00 bits per heavy atom. The second-order valence-corrected chi connectivity index (χ2v) is 4.63. The molecule has 3 heterocycles. The van der Waals surface area contributed by atoms with Crippen LogP contribution >= 0.6 is 11.3 Å². The summed E-state index contributed by atoms with van der Waals surface area (Å²) in [7, 11) is 0. The maximum Gasteiger partial charge on any atom is 0.423 e. The molecular formula is C12H8N2O3S. The first-order valence-electron chi connectivity index (χ1n) is 5.26. The number of thiophene rings is 1. The van der Waals surface area contributed by atoms with E-state index in [9.17, 15) is 9.59 Å². The number of fused-ring (bicyclic) bond motifs is 1. The van der Waals surface area contributed by atoms with E-state index in [-0.39, 0.29) is 0 Å². The van der Waals surface area contributed by atoms with Gasteiger partial charge in [-0.2, -0.15) is 0 Å². The SMILES string of the molecule is O=c1oc(=O)n(Cc2ccncc2)c2sccc12. The molecule has 0 bridgehead atoms. The van der Waals surface area contributed by atoms with Crippen LogP contribution in [-0.2, 0) is 6.54 Å². The monoisotopic (exact) mass is 260 g/mol. The maximum atomic E-state index is 11.7. The number of hydrogen-bond acceptors (Lipinski definition) is 5. The molecule has 3 aromatic heterocycles. The Labute approximate surface area is 105 Å². The average Bonchev–Trinajstić information content (AvgIpc) is 2.85. The van der Waals surface area contributed by atoms with Crippen molar-refractivity contribution in [2.75, 3.05) is 0 Å². The zero-order chi connectivity index (χ0) is 12.5. The Bertz CT molecular complexity index is 801. The van der Waals surface area contributed by atoms with Crippen molar-refractivity contribution in [2.45, 2.75) is 6.54 Å². The Morgan fingerprint density at radius 1 is 1.22 bits per heavy atom. The summed E-state index contributed by atoms with van der Waals surface area (Å²) in [4.78, 5) is 27.8. The minimum atomic E-state index is -0.633. The molecule has 5 nitrogen and oxygen atoms in total. The zero-order valence-electron chi connectivity index (χ0n) is 9.20. The lowest BCUT2D eigenvalue weighted by molar-refractivity contribution is 0.426. The topological polar surface area (TPSA) is 65.1 Å². The van der Waals surface area contributed by atoms with Gasteiger partial charge in [-0.1, -0.05) is 0 Å². The van der Waals surface area contributed by atoms with Crippen LogP contribution in [0.25, 0.3) is 10.2 Å². The predicted octanol–water partition coefficient (Wildman–Crippen LogP) is 1.46. The second-order valence-electron chi connectivity index (χ2n) is 3.74. The Balaban J connectivity index is 2.21. The lowest BCUT2D eigenvalue weighted by Crippen LogP contribution is -2.24. The van der Waals surface area contributed by atoms with E-state index in [0.717, 1.165) is 5.56 Å². The van der Waals surface area contributed by atoms with Crippen molar-refractivity contribution >= 4 is 21.6 Å². The second kappa shape index (κ2) is 4.23. The molecule has 0 radical (unpaired) electrons. The number of pyridine rings is 1. The zero-order valence-corrected chi connectivity index (χ0v) is 10.0. The molecule has 0 N–H and O–H groups in total. The van der Waals surface area contributed by atoms with Crippen LogP contribution in [0.1, 0.15) is 5.56 Å². The fourth-order valence-corrected chi connectivity index (χ4v) is 2.62. The van der Waals surface area contributed by atoms with E-state index in [0.29, 0.717) is 16.8 Å². The molecule has 0 aliphatic rings. The smallest absolute Gasteiger partial charge is 0.372 e. The molecule has 0 saturated carbocycles. The number of rotatable bonds is 2. The molecule has 0 amide bonds. The van der Waals surface area contributed by atoms with E-state index in [1.165, 1.54) is 15.9 Å². The third-order valence-corrected chi connectivity index (χ3v) is 3.54. The average molecular weight is 260 g/mol. The van der Waals surface area contributed by atoms with Crippen molar-refractivity contribution < 1.29 is 4.42 Å². The summed E-state index contributed by atoms with van der Waals surface area (Å²) in [5, 5.41) is 2.21. The Hall–Kier alpha value is -2.21. The normalized spacial score (nSPS) is 10.9. The molecular weight excluding hydrogens is 252 g/mol. The lowest BCUT2D eigenvalue weighted by Gasteiger charge is -2.05. The van der Waals surface area contributed by atoms with E-state index in [2.05, 4.69) is 4.98 Å². The summed E-state index contributed by atoms with van der Waals surface area (Å²) in [6.45, 7) is 0.363. The summed E-state index contributed by atoms with van der Waals surface area (Å²) in [6.07, 6.45) is 3.32. The molecule has 18 heavy (non-hydrogen) atoms. The van der Waals surface area contributed by atoms with E-state index in [4.69, 9.17) is 4.42 Å². The van der Waals surface area contributed by atoms with Gasteiger partial charge in [-0.3, -0.25) is 9.55 Å². The van der Waals surface area contributed by atoms with Gasteiger partial charge in [0.1, 0.15) is 4.83 Å². The van der Waals surface area contributed by atoms with Crippen LogP contribution in [-0.4, -0.2) is 9.55 Å². The van der Waals surface area contributed by atoms with Gasteiger partial charge in [-0.25, -0.2) is 9.59 Å². The van der Waals surface area contributed by atoms with Gasteiger partial charge in [-0.15, -0.1) is 11.3 Å². The van der Waals surface area contributed by atoms with Crippen molar-refractivity contribution in [3.8, 4) is 0 Å². The first-order valence-corrected chi connectivity index (χ1v) is 6.14. The van der Waals surface area contributed by atoms with Crippen LogP contribution in [0.5, 0.6) is 0 Å². The number of nitrogens with zero attached hydrogens (tertiary/aromatic N) is 2. The first-order chi connectivity index (χ1) is 8.75. The molecule has 6 heteroatoms. The van der Waals surface area contributed by atoms with Gasteiger partial charge in [0.05, 0.1) is 11.9 Å². The van der Waals surface area contributed by atoms with Gasteiger partial charge >= 0.3 is 11.4 Å². The summed E-state index contributed by atoms with van der Waals surface area (Å²) < 4.78 is 6.15. The van der Waals surface area contributed by atoms with Gasteiger partial charge in [0, 0.05) is 12.4 Å². The first kappa shape index (κ1) is 10.9. The molecule has 0 atom stereocenters. The predicted molar refractivity (Wildman–Crippen MR) is 68.0 cm³/mol. The highest BCUT2D eigenvalue weighted by molar-refractivity contribution is 7.16. The van der Waals surface area contributed by atoms with E-state index in [1.54, 1.807) is 23.8 Å². The van der Waals surface area contributed by atoms with Crippen molar-refractivity contribution in [1.82, 2.24) is 9.55 Å². The molecule has 0 spiro atoms. The third kappa shape index (κ3) is 1.76. The van der Waals surface area contributed by atoms with Gasteiger partial charge in [0.15, 0.2) is 0 Å². The van der Waals surface area contributed by atoms with Crippen LogP contribution in [0, 0.1) is 0 Å². The molecule has 3 rings (SSSR count). The van der Waals surface area contributed by atoms with Gasteiger partial charge in [0.25, 0.3) is 0 Å². The highest BCUT2D eigenvalue weighted by Gasteiger charge is 2.10. The summed E-state index contributed by atoms with van der Waals surface area (Å²) in [5.41, 5.74) is 0.345. The molecule has 3 aromatic rings. The highest BCUT2D eigenvalue weighted by Crippen LogP contribution is 2.16. The van der Waals surface area contributed by atoms with E-state index in [1.807, 2.05) is 12.1 Å². The summed E-state index contributed by atoms with van der Waals surface area (Å²) in [6, 6.07) is 5.29. The Kier molecular flexibility index (Phi) is 2.56. The molecule has 0 aliphatic carbocycles. The van der Waals surface area contributed by atoms with Crippen LogP contribution < -0.4 is 11.4 Å². The molecule has 0 aliphatic heterocycles. The van der Waals surface area contributed by atoms with Crippen LogP contribution in [0.4, 0.5) is 0 Å². The summed E-state index contributed by atoms with van der Waals surface area (Å²) >= 11 is 1.35. The summed E-state index contributed by atoms with van der Waals surface area (Å²) in [5.74, 6) is -0.633. The molecule has 0 fully saturated rings. The largest absolute Gasteiger partial charge is 0.423 e. The van der Waals surface area contributed by atoms with E-state index < -0.39 is 11.4 Å². The molecule has 0 unspecified atom stereocenters. The van der Waals surface area contributed by atoms with Crippen molar-refractivity contribution in [1.29, 1.82) is 0 Å². The standard InChI is InChI=1S/C12H8N2O3S/c15-11-9-3-6-18-10(9)14(12(16)17-11)7-8-1-4-13-5-2-8/h1-6H,7H2.